The van der Waals surface area contributed by atoms with Gasteiger partial charge >= 0.3 is 6.09 Å². The molecule has 0 bridgehead atoms. The maximum atomic E-state index is 12.6. The van der Waals surface area contributed by atoms with Crippen molar-refractivity contribution in [1.82, 2.24) is 4.90 Å². The van der Waals surface area contributed by atoms with Crippen LogP contribution in [0, 0.1) is 0 Å². The fourth-order valence-corrected chi connectivity index (χ4v) is 1.51. The summed E-state index contributed by atoms with van der Waals surface area (Å²) in [7, 11) is 0. The summed E-state index contributed by atoms with van der Waals surface area (Å²) < 4.78 is 78.3. The van der Waals surface area contributed by atoms with Gasteiger partial charge in [-0.25, -0.2) is 4.79 Å². The molecule has 98 valence electrons. The van der Waals surface area contributed by atoms with E-state index in [1.54, 1.807) is 0 Å². The second-order valence-corrected chi connectivity index (χ2v) is 5.40. The summed E-state index contributed by atoms with van der Waals surface area (Å²) >= 11 is 2.92. The van der Waals surface area contributed by atoms with Crippen LogP contribution in [0.5, 0.6) is 0 Å². The number of carbonyl (C=O) groups excluding carboxylic acids is 1. The topological polar surface area (TPSA) is 29.5 Å². The van der Waals surface area contributed by atoms with Crippen molar-refractivity contribution in [3.05, 3.63) is 33.7 Å². The molecule has 0 N–H and O–H groups in total. The van der Waals surface area contributed by atoms with Gasteiger partial charge in [0.15, 0.2) is 0 Å². The Morgan fingerprint density at radius 1 is 1.50 bits per heavy atom. The zero-order valence-corrected chi connectivity index (χ0v) is 11.7. The second-order valence-electron chi connectivity index (χ2n) is 4.60. The number of rotatable bonds is 0. The van der Waals surface area contributed by atoms with E-state index in [2.05, 4.69) is 15.9 Å². The van der Waals surface area contributed by atoms with Crippen LogP contribution in [-0.2, 0) is 17.6 Å². The Hall–Kier alpha value is -1.03. The minimum absolute atomic E-state index is 0.0128. The van der Waals surface area contributed by atoms with E-state index in [-0.39, 0.29) is 9.37 Å². The predicted molar refractivity (Wildman–Crippen MR) is 74.5 cm³/mol. The Morgan fingerprint density at radius 3 is 2.89 bits per heavy atom. The molecule has 1 aromatic rings. The Bertz CT molecular complexity index is 820. The lowest BCUT2D eigenvalue weighted by Crippen LogP contribution is -2.39. The average molecular weight is 321 g/mol. The largest absolute Gasteiger partial charge is 0.444 e. The fraction of sp³-hybridized carbons (Fsp3) is 0.500. The molecule has 4 heteroatoms. The van der Waals surface area contributed by atoms with Crippen molar-refractivity contribution >= 4 is 22.0 Å². The summed E-state index contributed by atoms with van der Waals surface area (Å²) in [5, 5.41) is 0. The fourth-order valence-electron chi connectivity index (χ4n) is 1.21. The van der Waals surface area contributed by atoms with E-state index in [1.807, 2.05) is 0 Å². The van der Waals surface area contributed by atoms with Gasteiger partial charge in [0.05, 0.1) is 6.85 Å². The molecule has 0 radical (unpaired) electrons. The van der Waals surface area contributed by atoms with Gasteiger partial charge in [-0.1, -0.05) is 22.0 Å². The van der Waals surface area contributed by atoms with Crippen LogP contribution < -0.4 is 0 Å². The lowest BCUT2D eigenvalue weighted by atomic mass is 10.0. The van der Waals surface area contributed by atoms with E-state index in [9.17, 15) is 4.79 Å². The van der Waals surface area contributed by atoms with E-state index in [4.69, 9.17) is 17.1 Å². The van der Waals surface area contributed by atoms with Gasteiger partial charge in [-0.05, 0) is 50.4 Å². The van der Waals surface area contributed by atoms with Gasteiger partial charge in [0.1, 0.15) is 5.60 Å². The molecule has 1 aliphatic heterocycles. The molecule has 18 heavy (non-hydrogen) atoms. The van der Waals surface area contributed by atoms with Crippen molar-refractivity contribution in [3.63, 3.8) is 0 Å². The van der Waals surface area contributed by atoms with Crippen molar-refractivity contribution in [3.8, 4) is 0 Å². The van der Waals surface area contributed by atoms with Crippen LogP contribution in [0.1, 0.15) is 44.2 Å². The summed E-state index contributed by atoms with van der Waals surface area (Å²) in [6.07, 6.45) is -4.52. The first kappa shape index (κ1) is 5.95. The van der Waals surface area contributed by atoms with Gasteiger partial charge in [0, 0.05) is 22.9 Å². The normalized spacial score (nSPS) is 30.9. The Morgan fingerprint density at radius 2 is 2.22 bits per heavy atom. The van der Waals surface area contributed by atoms with Crippen LogP contribution >= 0.6 is 15.9 Å². The maximum absolute atomic E-state index is 12.6. The zero-order valence-electron chi connectivity index (χ0n) is 19.1. The molecule has 0 saturated heterocycles. The number of fused-ring (bicyclic) bond motifs is 1. The number of ether oxygens (including phenoxy) is 1. The van der Waals surface area contributed by atoms with Crippen LogP contribution in [0.2, 0.25) is 0 Å². The van der Waals surface area contributed by atoms with Crippen LogP contribution in [0.15, 0.2) is 22.6 Å². The van der Waals surface area contributed by atoms with E-state index in [0.717, 1.165) is 0 Å². The first-order valence-corrected chi connectivity index (χ1v) is 6.02. The molecular weight excluding hydrogens is 294 g/mol. The number of carbonyl (C=O) groups is 1. The third-order valence-electron chi connectivity index (χ3n) is 1.87. The summed E-state index contributed by atoms with van der Waals surface area (Å²) in [5.41, 5.74) is -2.57. The third-order valence-corrected chi connectivity index (χ3v) is 2.27. The quantitative estimate of drug-likeness (QED) is 0.728. The van der Waals surface area contributed by atoms with E-state index < -0.39 is 60.3 Å². The van der Waals surface area contributed by atoms with E-state index >= 15 is 0 Å². The molecule has 0 fully saturated rings. The first-order chi connectivity index (χ1) is 11.9. The molecule has 1 aromatic carbocycles. The van der Waals surface area contributed by atoms with Crippen molar-refractivity contribution < 1.29 is 21.9 Å². The lowest BCUT2D eigenvalue weighted by Gasteiger charge is -2.31. The molecule has 1 aliphatic rings. The van der Waals surface area contributed by atoms with Crippen LogP contribution in [0.3, 0.4) is 0 Å². The molecule has 1 heterocycles. The van der Waals surface area contributed by atoms with Crippen molar-refractivity contribution in [2.75, 3.05) is 6.50 Å². The molecular formula is C14H18BrNO2. The first-order valence-electron chi connectivity index (χ1n) is 9.72. The molecule has 0 unspecified atom stereocenters. The van der Waals surface area contributed by atoms with Gasteiger partial charge < -0.3 is 9.64 Å². The highest BCUT2D eigenvalue weighted by Crippen LogP contribution is 2.24. The van der Waals surface area contributed by atoms with Crippen LogP contribution in [0.4, 0.5) is 4.79 Å². The Labute approximate surface area is 129 Å². The highest BCUT2D eigenvalue weighted by molar-refractivity contribution is 9.10. The maximum Gasteiger partial charge on any atom is 0.410 e. The molecule has 0 spiro atoms. The molecule has 0 saturated carbocycles. The number of hydrogen-bond acceptors (Lipinski definition) is 2. The number of amides is 1. The van der Waals surface area contributed by atoms with Crippen LogP contribution in [-0.4, -0.2) is 23.1 Å². The van der Waals surface area contributed by atoms with Gasteiger partial charge in [-0.15, -0.1) is 0 Å². The third kappa shape index (κ3) is 3.25. The molecule has 0 aromatic heterocycles. The monoisotopic (exact) mass is 320 g/mol. The second kappa shape index (κ2) is 4.92. The van der Waals surface area contributed by atoms with Gasteiger partial charge in [-0.2, -0.15) is 0 Å². The van der Waals surface area contributed by atoms with Crippen molar-refractivity contribution in [2.24, 2.45) is 0 Å². The van der Waals surface area contributed by atoms with Crippen LogP contribution in [0.25, 0.3) is 0 Å². The lowest BCUT2D eigenvalue weighted by molar-refractivity contribution is 0.0224. The summed E-state index contributed by atoms with van der Waals surface area (Å²) in [5.74, 6) is 0. The standard InChI is InChI=1S/C14H18BrNO2/c1-14(2,3)18-13(17)16-7-6-10-4-5-12(15)8-11(10)9-16/h4-5,8H,6-7,9H2,1-3H3/i4D,5D,6D2,7D2,8D,9D2. The van der Waals surface area contributed by atoms with Crippen molar-refractivity contribution in [1.29, 1.82) is 0 Å². The van der Waals surface area contributed by atoms with E-state index in [0.29, 0.717) is 0 Å². The smallest absolute Gasteiger partial charge is 0.410 e. The van der Waals surface area contributed by atoms with Gasteiger partial charge in [-0.3, -0.25) is 0 Å². The number of benzene rings is 1. The number of nitrogens with zero attached hydrogens (tertiary/aromatic N) is 1. The average Bonchev–Trinajstić information content (AvgIpc) is 2.44. The van der Waals surface area contributed by atoms with Gasteiger partial charge in [0.2, 0.25) is 0 Å². The molecule has 2 rings (SSSR count). The minimum Gasteiger partial charge on any atom is -0.444 e. The Balaban J connectivity index is 2.91. The molecule has 0 atom stereocenters. The van der Waals surface area contributed by atoms with E-state index in [1.165, 1.54) is 20.8 Å². The van der Waals surface area contributed by atoms with Gasteiger partial charge in [0.25, 0.3) is 0 Å². The number of hydrogen-bond donors (Lipinski definition) is 0. The SMILES string of the molecule is [2H]c1c([2H])c2c(c([2H])c1Br)C([2H])([2H])N(C(=O)OC(C)(C)C)C([2H])([2H])C2([2H])[2H]. The predicted octanol–water partition coefficient (Wildman–Crippen LogP) is 3.74. The number of halogens is 1. The van der Waals surface area contributed by atoms with Crippen molar-refractivity contribution in [2.45, 2.75) is 39.2 Å². The highest BCUT2D eigenvalue weighted by Gasteiger charge is 2.25. The summed E-state index contributed by atoms with van der Waals surface area (Å²) in [6.45, 7) is -1.79. The summed E-state index contributed by atoms with van der Waals surface area (Å²) in [4.78, 5) is 12.6. The minimum atomic E-state index is -3.26. The molecule has 3 nitrogen and oxygen atoms in total. The molecule has 1 amide bonds. The summed E-state index contributed by atoms with van der Waals surface area (Å²) in [6, 6.07) is -1.96. The molecule has 0 aliphatic carbocycles. The Kier molecular flexibility index (Phi) is 1.63. The highest BCUT2D eigenvalue weighted by atomic mass is 79.9. The zero-order chi connectivity index (χ0) is 21.3.